The lowest BCUT2D eigenvalue weighted by Gasteiger charge is -2.17. The molecule has 1 saturated heterocycles. The van der Waals surface area contributed by atoms with E-state index in [2.05, 4.69) is 0 Å². The Balaban J connectivity index is 1.67. The van der Waals surface area contributed by atoms with E-state index in [1.165, 1.54) is 11.8 Å². The number of thioether (sulfide) groups is 1. The summed E-state index contributed by atoms with van der Waals surface area (Å²) in [5.74, 6) is 0.900. The second-order valence-electron chi connectivity index (χ2n) is 6.61. The summed E-state index contributed by atoms with van der Waals surface area (Å²) in [6.45, 7) is 3.95. The predicted molar refractivity (Wildman–Crippen MR) is 126 cm³/mol. The van der Waals surface area contributed by atoms with E-state index in [1.54, 1.807) is 41.3 Å². The van der Waals surface area contributed by atoms with E-state index in [1.807, 2.05) is 32.0 Å². The number of thiocarbonyl (C=S) groups is 1. The van der Waals surface area contributed by atoms with Gasteiger partial charge in [0, 0.05) is 6.08 Å². The molecule has 1 amide bonds. The molecule has 29 heavy (non-hydrogen) atoms. The molecular formula is C22H15Cl2NO2S2. The molecule has 3 aromatic rings. The average Bonchev–Trinajstić information content (AvgIpc) is 3.22. The Kier molecular flexibility index (Phi) is 5.58. The molecular weight excluding hydrogens is 445 g/mol. The number of hydrogen-bond donors (Lipinski definition) is 0. The lowest BCUT2D eigenvalue weighted by atomic mass is 10.1. The van der Waals surface area contributed by atoms with Gasteiger partial charge in [0.05, 0.1) is 26.2 Å². The molecule has 2 aromatic carbocycles. The first-order valence-corrected chi connectivity index (χ1v) is 10.7. The topological polar surface area (TPSA) is 33.5 Å². The summed E-state index contributed by atoms with van der Waals surface area (Å²) in [6, 6.07) is 14.8. The Hall–Kier alpha value is -2.05. The molecule has 0 spiro atoms. The lowest BCUT2D eigenvalue weighted by molar-refractivity contribution is -0.113. The number of carbonyl (C=O) groups excluding carboxylic acids is 1. The molecule has 0 N–H and O–H groups in total. The van der Waals surface area contributed by atoms with Gasteiger partial charge in [-0.1, -0.05) is 65.4 Å². The summed E-state index contributed by atoms with van der Waals surface area (Å²) < 4.78 is 6.38. The number of furan rings is 1. The summed E-state index contributed by atoms with van der Waals surface area (Å²) in [7, 11) is 0. The first-order chi connectivity index (χ1) is 13.8. The van der Waals surface area contributed by atoms with Gasteiger partial charge in [-0.25, -0.2) is 0 Å². The smallest absolute Gasteiger partial charge is 0.270 e. The van der Waals surface area contributed by atoms with Crippen molar-refractivity contribution in [3.05, 3.63) is 80.4 Å². The Morgan fingerprint density at radius 1 is 1.07 bits per heavy atom. The molecule has 0 radical (unpaired) electrons. The molecule has 1 aliphatic heterocycles. The quantitative estimate of drug-likeness (QED) is 0.304. The number of amides is 1. The zero-order valence-electron chi connectivity index (χ0n) is 15.5. The highest BCUT2D eigenvalue weighted by Gasteiger charge is 2.34. The van der Waals surface area contributed by atoms with Gasteiger partial charge in [-0.2, -0.15) is 0 Å². The molecule has 1 aliphatic rings. The van der Waals surface area contributed by atoms with Gasteiger partial charge in [0.2, 0.25) is 0 Å². The van der Waals surface area contributed by atoms with Gasteiger partial charge >= 0.3 is 0 Å². The molecule has 1 fully saturated rings. The van der Waals surface area contributed by atoms with Crippen LogP contribution in [0.15, 0.2) is 57.9 Å². The molecule has 4 rings (SSSR count). The second kappa shape index (κ2) is 8.00. The van der Waals surface area contributed by atoms with Crippen LogP contribution in [0.4, 0.5) is 5.69 Å². The molecule has 0 unspecified atom stereocenters. The Morgan fingerprint density at radius 3 is 2.52 bits per heavy atom. The third-order valence-electron chi connectivity index (χ3n) is 4.51. The van der Waals surface area contributed by atoms with Crippen molar-refractivity contribution in [3.8, 4) is 11.3 Å². The Morgan fingerprint density at radius 2 is 1.79 bits per heavy atom. The third-order valence-corrected chi connectivity index (χ3v) is 6.44. The van der Waals surface area contributed by atoms with E-state index in [-0.39, 0.29) is 5.91 Å². The SMILES string of the molecule is Cc1ccc(C)c(N2C(=O)/C(=C\c3ccc(-c4c(Cl)cccc4Cl)o3)SC2=S)c1. The fraction of sp³-hybridized carbons (Fsp3) is 0.0909. The van der Waals surface area contributed by atoms with Crippen LogP contribution in [0.1, 0.15) is 16.9 Å². The van der Waals surface area contributed by atoms with Gasteiger partial charge in [-0.15, -0.1) is 0 Å². The van der Waals surface area contributed by atoms with Crippen LogP contribution in [0.25, 0.3) is 17.4 Å². The molecule has 0 atom stereocenters. The number of halogens is 2. The highest BCUT2D eigenvalue weighted by Crippen LogP contribution is 2.39. The van der Waals surface area contributed by atoms with Gasteiger partial charge in [-0.05, 0) is 55.3 Å². The van der Waals surface area contributed by atoms with Crippen molar-refractivity contribution in [2.45, 2.75) is 13.8 Å². The normalized spacial score (nSPS) is 15.6. The molecule has 3 nitrogen and oxygen atoms in total. The monoisotopic (exact) mass is 459 g/mol. The van der Waals surface area contributed by atoms with Gasteiger partial charge < -0.3 is 4.42 Å². The van der Waals surface area contributed by atoms with Crippen LogP contribution in [0.3, 0.4) is 0 Å². The zero-order chi connectivity index (χ0) is 20.7. The highest BCUT2D eigenvalue weighted by atomic mass is 35.5. The van der Waals surface area contributed by atoms with Crippen molar-refractivity contribution in [1.82, 2.24) is 0 Å². The number of aryl methyl sites for hydroxylation is 2. The zero-order valence-corrected chi connectivity index (χ0v) is 18.7. The van der Waals surface area contributed by atoms with Crippen LogP contribution in [0.2, 0.25) is 10.0 Å². The van der Waals surface area contributed by atoms with E-state index < -0.39 is 0 Å². The average molecular weight is 460 g/mol. The van der Waals surface area contributed by atoms with Crippen molar-refractivity contribution < 1.29 is 9.21 Å². The van der Waals surface area contributed by atoms with E-state index in [0.29, 0.717) is 36.4 Å². The summed E-state index contributed by atoms with van der Waals surface area (Å²) in [4.78, 5) is 15.1. The van der Waals surface area contributed by atoms with Crippen molar-refractivity contribution in [2.75, 3.05) is 4.90 Å². The number of anilines is 1. The molecule has 2 heterocycles. The summed E-state index contributed by atoms with van der Waals surface area (Å²) >= 11 is 19.2. The molecule has 0 aliphatic carbocycles. The molecule has 0 saturated carbocycles. The maximum atomic E-state index is 13.0. The number of nitrogens with zero attached hydrogens (tertiary/aromatic N) is 1. The fourth-order valence-electron chi connectivity index (χ4n) is 3.06. The minimum Gasteiger partial charge on any atom is -0.457 e. The van der Waals surface area contributed by atoms with Gasteiger partial charge in [-0.3, -0.25) is 9.69 Å². The number of rotatable bonds is 3. The minimum absolute atomic E-state index is 0.164. The Labute approximate surface area is 188 Å². The van der Waals surface area contributed by atoms with Crippen LogP contribution in [0, 0.1) is 13.8 Å². The summed E-state index contributed by atoms with van der Waals surface area (Å²) in [5, 5.41) is 0.999. The van der Waals surface area contributed by atoms with Gasteiger partial charge in [0.15, 0.2) is 4.32 Å². The summed E-state index contributed by atoms with van der Waals surface area (Å²) in [6.07, 6.45) is 1.69. The van der Waals surface area contributed by atoms with E-state index in [9.17, 15) is 4.79 Å². The van der Waals surface area contributed by atoms with Gasteiger partial charge in [0.25, 0.3) is 5.91 Å². The van der Waals surface area contributed by atoms with Crippen molar-refractivity contribution in [3.63, 3.8) is 0 Å². The van der Waals surface area contributed by atoms with Crippen LogP contribution >= 0.6 is 47.2 Å². The van der Waals surface area contributed by atoms with Crippen LogP contribution in [0.5, 0.6) is 0 Å². The standard InChI is InChI=1S/C22H15Cl2NO2S2/c1-12-6-7-13(2)17(10-12)25-21(26)19(29-22(25)28)11-14-8-9-18(27-14)20-15(23)4-3-5-16(20)24/h3-11H,1-2H3/b19-11+. The maximum absolute atomic E-state index is 13.0. The lowest BCUT2D eigenvalue weighted by Crippen LogP contribution is -2.28. The number of carbonyl (C=O) groups is 1. The predicted octanol–water partition coefficient (Wildman–Crippen LogP) is 7.28. The van der Waals surface area contributed by atoms with Gasteiger partial charge in [0.1, 0.15) is 11.5 Å². The first-order valence-electron chi connectivity index (χ1n) is 8.74. The molecule has 7 heteroatoms. The Bertz CT molecular complexity index is 1160. The highest BCUT2D eigenvalue weighted by molar-refractivity contribution is 8.27. The number of benzene rings is 2. The van der Waals surface area contributed by atoms with Crippen LogP contribution in [-0.4, -0.2) is 10.2 Å². The second-order valence-corrected chi connectivity index (χ2v) is 9.10. The van der Waals surface area contributed by atoms with Crippen LogP contribution < -0.4 is 4.90 Å². The maximum Gasteiger partial charge on any atom is 0.270 e. The minimum atomic E-state index is -0.164. The van der Waals surface area contributed by atoms with E-state index in [0.717, 1.165) is 16.8 Å². The van der Waals surface area contributed by atoms with E-state index in [4.69, 9.17) is 39.8 Å². The van der Waals surface area contributed by atoms with Crippen molar-refractivity contribution in [2.24, 2.45) is 0 Å². The fourth-order valence-corrected chi connectivity index (χ4v) is 4.91. The first kappa shape index (κ1) is 20.2. The van der Waals surface area contributed by atoms with Crippen molar-refractivity contribution in [1.29, 1.82) is 0 Å². The van der Waals surface area contributed by atoms with Crippen molar-refractivity contribution >= 4 is 69.2 Å². The molecule has 1 aromatic heterocycles. The molecule has 0 bridgehead atoms. The van der Waals surface area contributed by atoms with Crippen LogP contribution in [-0.2, 0) is 4.79 Å². The third kappa shape index (κ3) is 3.88. The summed E-state index contributed by atoms with van der Waals surface area (Å²) in [5.41, 5.74) is 3.48. The van der Waals surface area contributed by atoms with E-state index >= 15 is 0 Å². The molecule has 146 valence electrons. The number of hydrogen-bond acceptors (Lipinski definition) is 4. The largest absolute Gasteiger partial charge is 0.457 e.